The number of rotatable bonds is 44. The zero-order chi connectivity index (χ0) is 41.2. The third-order valence-electron chi connectivity index (χ3n) is 10.2. The fourth-order valence-corrected chi connectivity index (χ4v) is 7.37. The summed E-state index contributed by atoms with van der Waals surface area (Å²) in [6.45, 7) is 2.40. The van der Waals surface area contributed by atoms with Crippen molar-refractivity contribution in [2.75, 3.05) is 26.4 Å². The van der Waals surface area contributed by atoms with E-state index in [4.69, 9.17) is 23.6 Å². The molecule has 0 fully saturated rings. The maximum Gasteiger partial charge on any atom is 0.472 e. The van der Waals surface area contributed by atoms with Crippen LogP contribution in [0, 0.1) is 0 Å². The fourth-order valence-electron chi connectivity index (χ4n) is 6.58. The lowest BCUT2D eigenvalue weighted by Crippen LogP contribution is -2.29. The minimum Gasteiger partial charge on any atom is -0.462 e. The number of carbonyl (C=O) groups excluding carboxylic acids is 2. The van der Waals surface area contributed by atoms with Gasteiger partial charge in [0, 0.05) is 12.8 Å². The van der Waals surface area contributed by atoms with E-state index in [0.717, 1.165) is 44.9 Å². The lowest BCUT2D eigenvalue weighted by molar-refractivity contribution is -0.161. The molecule has 1 unspecified atom stereocenters. The maximum absolute atomic E-state index is 12.6. The first-order valence-electron chi connectivity index (χ1n) is 23.1. The Bertz CT molecular complexity index is 946. The molecule has 0 aromatic rings. The van der Waals surface area contributed by atoms with Crippen molar-refractivity contribution in [3.63, 3.8) is 0 Å². The predicted octanol–water partition coefficient (Wildman–Crippen LogP) is 12.4. The van der Waals surface area contributed by atoms with Crippen molar-refractivity contribution in [1.29, 1.82) is 0 Å². The zero-order valence-electron chi connectivity index (χ0n) is 36.1. The van der Waals surface area contributed by atoms with E-state index in [1.807, 2.05) is 0 Å². The van der Waals surface area contributed by atoms with Gasteiger partial charge in [-0.15, -0.1) is 0 Å². The summed E-state index contributed by atoms with van der Waals surface area (Å²) in [6.07, 6.45) is 40.3. The molecule has 3 N–H and O–H groups in total. The number of hydrogen-bond donors (Lipinski definition) is 3. The molecule has 0 rings (SSSR count). The number of phosphoric acid groups is 1. The van der Waals surface area contributed by atoms with Crippen LogP contribution in [0.5, 0.6) is 0 Å². The standard InChI is InChI=1S/C45H87O10P/c1-3-5-7-9-11-13-15-17-19-20-21-23-25-27-29-31-33-35-37-45(49)55-43(41-54-56(50,51)53-39-42(47)38-46)40-52-44(48)36-34-32-30-28-26-24-22-18-16-14-12-10-8-6-4-2/h24,26,42-43,46-47H,3-23,25,27-41H2,1-2H3,(H,50,51)/b26-24+/t42-,43+/m0/s1. The Morgan fingerprint density at radius 2 is 0.875 bits per heavy atom. The molecule has 0 saturated carbocycles. The maximum atomic E-state index is 12.6. The third-order valence-corrected chi connectivity index (χ3v) is 11.1. The van der Waals surface area contributed by atoms with E-state index in [-0.39, 0.29) is 19.4 Å². The van der Waals surface area contributed by atoms with Crippen LogP contribution in [-0.2, 0) is 32.7 Å². The van der Waals surface area contributed by atoms with Crippen molar-refractivity contribution in [1.82, 2.24) is 0 Å². The van der Waals surface area contributed by atoms with E-state index in [2.05, 4.69) is 26.0 Å². The summed E-state index contributed by atoms with van der Waals surface area (Å²) < 4.78 is 32.8. The number of hydrogen-bond acceptors (Lipinski definition) is 9. The smallest absolute Gasteiger partial charge is 0.462 e. The predicted molar refractivity (Wildman–Crippen MR) is 229 cm³/mol. The summed E-state index contributed by atoms with van der Waals surface area (Å²) in [5.41, 5.74) is 0. The van der Waals surface area contributed by atoms with Crippen LogP contribution in [0.25, 0.3) is 0 Å². The third kappa shape index (κ3) is 40.9. The topological polar surface area (TPSA) is 149 Å². The first-order chi connectivity index (χ1) is 27.2. The number of unbranched alkanes of at least 4 members (excludes halogenated alkanes) is 28. The number of esters is 2. The van der Waals surface area contributed by atoms with E-state index in [9.17, 15) is 24.2 Å². The van der Waals surface area contributed by atoms with Gasteiger partial charge in [0.25, 0.3) is 0 Å². The Morgan fingerprint density at radius 3 is 1.30 bits per heavy atom. The number of allylic oxidation sites excluding steroid dienone is 2. The highest BCUT2D eigenvalue weighted by Crippen LogP contribution is 2.43. The summed E-state index contributed by atoms with van der Waals surface area (Å²) in [6, 6.07) is 0. The van der Waals surface area contributed by atoms with Gasteiger partial charge in [0.2, 0.25) is 0 Å². The van der Waals surface area contributed by atoms with Gasteiger partial charge in [-0.1, -0.05) is 187 Å². The van der Waals surface area contributed by atoms with E-state index in [1.54, 1.807) is 0 Å². The van der Waals surface area contributed by atoms with Crippen molar-refractivity contribution in [2.45, 2.75) is 238 Å². The van der Waals surface area contributed by atoms with Gasteiger partial charge in [0.15, 0.2) is 6.10 Å². The molecule has 0 aliphatic rings. The summed E-state index contributed by atoms with van der Waals surface area (Å²) >= 11 is 0. The molecule has 10 nitrogen and oxygen atoms in total. The molecule has 0 amide bonds. The number of aliphatic hydroxyl groups is 2. The van der Waals surface area contributed by atoms with Gasteiger partial charge in [-0.05, 0) is 38.5 Å². The van der Waals surface area contributed by atoms with Gasteiger partial charge in [-0.3, -0.25) is 18.6 Å². The van der Waals surface area contributed by atoms with E-state index < -0.39 is 51.8 Å². The van der Waals surface area contributed by atoms with Crippen molar-refractivity contribution in [3.05, 3.63) is 12.2 Å². The van der Waals surface area contributed by atoms with Gasteiger partial charge in [-0.25, -0.2) is 4.57 Å². The van der Waals surface area contributed by atoms with E-state index in [1.165, 1.54) is 141 Å². The van der Waals surface area contributed by atoms with Crippen molar-refractivity contribution >= 4 is 19.8 Å². The number of carbonyl (C=O) groups is 2. The average molecular weight is 819 g/mol. The summed E-state index contributed by atoms with van der Waals surface area (Å²) in [5, 5.41) is 18.3. The molecule has 0 aromatic carbocycles. The largest absolute Gasteiger partial charge is 0.472 e. The quantitative estimate of drug-likeness (QED) is 0.0235. The molecular formula is C45H87O10P. The summed E-state index contributed by atoms with van der Waals surface area (Å²) in [5.74, 6) is -0.930. The van der Waals surface area contributed by atoms with Gasteiger partial charge >= 0.3 is 19.8 Å². The van der Waals surface area contributed by atoms with E-state index >= 15 is 0 Å². The van der Waals surface area contributed by atoms with Crippen LogP contribution in [0.2, 0.25) is 0 Å². The zero-order valence-corrected chi connectivity index (χ0v) is 37.0. The molecule has 0 bridgehead atoms. The minimum atomic E-state index is -4.62. The molecule has 0 radical (unpaired) electrons. The van der Waals surface area contributed by atoms with Gasteiger partial charge in [-0.2, -0.15) is 0 Å². The highest BCUT2D eigenvalue weighted by Gasteiger charge is 2.27. The van der Waals surface area contributed by atoms with Crippen LogP contribution in [0.4, 0.5) is 0 Å². The first-order valence-corrected chi connectivity index (χ1v) is 24.6. The van der Waals surface area contributed by atoms with Crippen LogP contribution in [0.1, 0.15) is 226 Å². The van der Waals surface area contributed by atoms with Crippen LogP contribution in [0.15, 0.2) is 12.2 Å². The van der Waals surface area contributed by atoms with Crippen molar-refractivity contribution in [2.24, 2.45) is 0 Å². The SMILES string of the molecule is CCCCCCCCCC/C=C/CCCCCC(=O)OC[C@H](COP(=O)(O)OC[C@@H](O)CO)OC(=O)CCCCCCCCCCCCCCCCCCCC. The van der Waals surface area contributed by atoms with Crippen molar-refractivity contribution < 1.29 is 47.8 Å². The Morgan fingerprint density at radius 1 is 0.518 bits per heavy atom. The molecule has 0 spiro atoms. The monoisotopic (exact) mass is 819 g/mol. The van der Waals surface area contributed by atoms with Crippen LogP contribution in [-0.4, -0.2) is 65.7 Å². The molecular weight excluding hydrogens is 731 g/mol. The molecule has 0 aliphatic carbocycles. The van der Waals surface area contributed by atoms with Gasteiger partial charge < -0.3 is 24.6 Å². The van der Waals surface area contributed by atoms with Crippen LogP contribution < -0.4 is 0 Å². The molecule has 3 atom stereocenters. The second kappa shape index (κ2) is 41.9. The molecule has 0 aromatic heterocycles. The Labute approximate surface area is 343 Å². The lowest BCUT2D eigenvalue weighted by atomic mass is 10.0. The second-order valence-corrected chi connectivity index (χ2v) is 17.2. The first kappa shape index (κ1) is 54.7. The van der Waals surface area contributed by atoms with Crippen molar-refractivity contribution in [3.8, 4) is 0 Å². The summed E-state index contributed by atoms with van der Waals surface area (Å²) in [4.78, 5) is 35.0. The average Bonchev–Trinajstić information content (AvgIpc) is 3.19. The lowest BCUT2D eigenvalue weighted by Gasteiger charge is -2.20. The molecule has 0 saturated heterocycles. The van der Waals surface area contributed by atoms with Crippen LogP contribution >= 0.6 is 7.82 Å². The normalized spacial score (nSPS) is 13.9. The van der Waals surface area contributed by atoms with Gasteiger partial charge in [0.05, 0.1) is 19.8 Å². The number of aliphatic hydroxyl groups excluding tert-OH is 2. The molecule has 11 heteroatoms. The minimum absolute atomic E-state index is 0.187. The molecule has 332 valence electrons. The Kier molecular flexibility index (Phi) is 40.9. The fraction of sp³-hybridized carbons (Fsp3) is 0.911. The Balaban J connectivity index is 4.24. The number of ether oxygens (including phenoxy) is 2. The highest BCUT2D eigenvalue weighted by molar-refractivity contribution is 7.47. The molecule has 56 heavy (non-hydrogen) atoms. The highest BCUT2D eigenvalue weighted by atomic mass is 31.2. The van der Waals surface area contributed by atoms with Crippen LogP contribution in [0.3, 0.4) is 0 Å². The van der Waals surface area contributed by atoms with E-state index in [0.29, 0.717) is 12.8 Å². The Hall–Kier alpha value is -1.29. The second-order valence-electron chi connectivity index (χ2n) is 15.8. The van der Waals surface area contributed by atoms with Gasteiger partial charge in [0.1, 0.15) is 12.7 Å². The molecule has 0 heterocycles. The number of phosphoric ester groups is 1. The molecule has 0 aliphatic heterocycles. The summed E-state index contributed by atoms with van der Waals surface area (Å²) in [7, 11) is -4.62.